The van der Waals surface area contributed by atoms with Gasteiger partial charge >= 0.3 is 0 Å². The summed E-state index contributed by atoms with van der Waals surface area (Å²) in [7, 11) is 0. The molecule has 1 aliphatic rings. The summed E-state index contributed by atoms with van der Waals surface area (Å²) in [5, 5.41) is 6.93. The van der Waals surface area contributed by atoms with E-state index in [4.69, 9.17) is 9.97 Å². The zero-order valence-corrected chi connectivity index (χ0v) is 16.0. The van der Waals surface area contributed by atoms with E-state index in [1.165, 1.54) is 25.7 Å². The third-order valence-electron chi connectivity index (χ3n) is 4.62. The number of nitrogens with zero attached hydrogens (tertiary/aromatic N) is 2. The van der Waals surface area contributed by atoms with Crippen molar-refractivity contribution >= 4 is 33.4 Å². The van der Waals surface area contributed by atoms with E-state index >= 15 is 0 Å². The van der Waals surface area contributed by atoms with E-state index in [1.807, 2.05) is 48.5 Å². The van der Waals surface area contributed by atoms with E-state index in [-0.39, 0.29) is 0 Å². The molecule has 0 amide bonds. The van der Waals surface area contributed by atoms with Crippen molar-refractivity contribution in [1.82, 2.24) is 9.97 Å². The maximum Gasteiger partial charge on any atom is 0.225 e. The summed E-state index contributed by atoms with van der Waals surface area (Å²) in [5.41, 5.74) is 2.98. The molecule has 1 aromatic heterocycles. The Kier molecular flexibility index (Phi) is 5.16. The van der Waals surface area contributed by atoms with Crippen LogP contribution in [0.25, 0.3) is 11.3 Å². The molecule has 132 valence electrons. The lowest BCUT2D eigenvalue weighted by Gasteiger charge is -2.15. The Morgan fingerprint density at radius 2 is 1.62 bits per heavy atom. The van der Waals surface area contributed by atoms with Crippen LogP contribution in [-0.4, -0.2) is 16.0 Å². The minimum Gasteiger partial charge on any atom is -0.351 e. The van der Waals surface area contributed by atoms with Gasteiger partial charge in [-0.05, 0) is 40.9 Å². The molecule has 0 radical (unpaired) electrons. The Labute approximate surface area is 162 Å². The monoisotopic (exact) mass is 408 g/mol. The molecule has 0 spiro atoms. The Morgan fingerprint density at radius 1 is 0.885 bits per heavy atom. The number of halogens is 1. The Bertz CT molecular complexity index is 876. The zero-order chi connectivity index (χ0) is 17.8. The summed E-state index contributed by atoms with van der Waals surface area (Å²) in [5.74, 6) is 1.47. The Hall–Kier alpha value is -2.40. The van der Waals surface area contributed by atoms with Crippen molar-refractivity contribution in [3.8, 4) is 11.3 Å². The van der Waals surface area contributed by atoms with Gasteiger partial charge in [-0.15, -0.1) is 0 Å². The van der Waals surface area contributed by atoms with Gasteiger partial charge in [0.2, 0.25) is 5.95 Å². The molecule has 0 unspecified atom stereocenters. The van der Waals surface area contributed by atoms with Crippen molar-refractivity contribution in [3.63, 3.8) is 0 Å². The summed E-state index contributed by atoms with van der Waals surface area (Å²) in [6.45, 7) is 0. The SMILES string of the molecule is Brc1ccccc1Nc1cc(-c2ccccc2)nc(NC2CCCC2)n1. The van der Waals surface area contributed by atoms with Gasteiger partial charge in [-0.25, -0.2) is 4.98 Å². The number of hydrogen-bond acceptors (Lipinski definition) is 4. The summed E-state index contributed by atoms with van der Waals surface area (Å²) >= 11 is 3.59. The van der Waals surface area contributed by atoms with Crippen LogP contribution in [0.3, 0.4) is 0 Å². The van der Waals surface area contributed by atoms with Crippen molar-refractivity contribution < 1.29 is 0 Å². The second-order valence-corrected chi connectivity index (χ2v) is 7.41. The van der Waals surface area contributed by atoms with Gasteiger partial charge in [-0.1, -0.05) is 55.3 Å². The maximum absolute atomic E-state index is 4.76. The standard InChI is InChI=1S/C21H21BrN4/c22-17-12-6-7-13-18(17)24-20-14-19(15-8-2-1-3-9-15)25-21(26-20)23-16-10-4-5-11-16/h1-3,6-9,12-14,16H,4-5,10-11H2,(H2,23,24,25,26). The highest BCUT2D eigenvalue weighted by molar-refractivity contribution is 9.10. The van der Waals surface area contributed by atoms with Crippen LogP contribution in [0.2, 0.25) is 0 Å². The highest BCUT2D eigenvalue weighted by Gasteiger charge is 2.17. The highest BCUT2D eigenvalue weighted by Crippen LogP contribution is 2.28. The third-order valence-corrected chi connectivity index (χ3v) is 5.31. The maximum atomic E-state index is 4.76. The molecule has 4 nitrogen and oxygen atoms in total. The van der Waals surface area contributed by atoms with Gasteiger partial charge in [0.25, 0.3) is 0 Å². The molecule has 2 N–H and O–H groups in total. The third kappa shape index (κ3) is 4.05. The molecule has 0 aliphatic heterocycles. The van der Waals surface area contributed by atoms with Crippen LogP contribution >= 0.6 is 15.9 Å². The van der Waals surface area contributed by atoms with Gasteiger partial charge in [0.15, 0.2) is 0 Å². The average Bonchev–Trinajstić information content (AvgIpc) is 3.17. The van der Waals surface area contributed by atoms with E-state index in [9.17, 15) is 0 Å². The van der Waals surface area contributed by atoms with Crippen LogP contribution in [-0.2, 0) is 0 Å². The van der Waals surface area contributed by atoms with Gasteiger partial charge < -0.3 is 10.6 Å². The first kappa shape index (κ1) is 17.0. The fourth-order valence-electron chi connectivity index (χ4n) is 3.29. The minimum absolute atomic E-state index is 0.470. The first-order chi connectivity index (χ1) is 12.8. The van der Waals surface area contributed by atoms with Crippen LogP contribution in [0.4, 0.5) is 17.5 Å². The molecular formula is C21H21BrN4. The quantitative estimate of drug-likeness (QED) is 0.542. The second kappa shape index (κ2) is 7.87. The molecule has 0 saturated heterocycles. The molecule has 2 aromatic carbocycles. The van der Waals surface area contributed by atoms with Gasteiger partial charge in [-0.2, -0.15) is 4.98 Å². The van der Waals surface area contributed by atoms with Crippen molar-refractivity contribution in [2.45, 2.75) is 31.7 Å². The fraction of sp³-hybridized carbons (Fsp3) is 0.238. The lowest BCUT2D eigenvalue weighted by Crippen LogP contribution is -2.17. The number of aromatic nitrogens is 2. The largest absolute Gasteiger partial charge is 0.351 e. The normalized spacial score (nSPS) is 14.3. The minimum atomic E-state index is 0.470. The fourth-order valence-corrected chi connectivity index (χ4v) is 3.67. The Morgan fingerprint density at radius 3 is 2.38 bits per heavy atom. The first-order valence-corrected chi connectivity index (χ1v) is 9.80. The molecule has 3 aromatic rings. The van der Waals surface area contributed by atoms with Crippen LogP contribution in [0.5, 0.6) is 0 Å². The molecule has 1 aliphatic carbocycles. The van der Waals surface area contributed by atoms with Crippen molar-refractivity contribution in [1.29, 1.82) is 0 Å². The van der Waals surface area contributed by atoms with Crippen LogP contribution in [0.1, 0.15) is 25.7 Å². The number of para-hydroxylation sites is 1. The molecule has 0 atom stereocenters. The Balaban J connectivity index is 1.68. The number of benzene rings is 2. The molecular weight excluding hydrogens is 388 g/mol. The van der Waals surface area contributed by atoms with E-state index in [0.717, 1.165) is 27.2 Å². The zero-order valence-electron chi connectivity index (χ0n) is 14.5. The number of hydrogen-bond donors (Lipinski definition) is 2. The molecule has 1 heterocycles. The van der Waals surface area contributed by atoms with E-state index in [1.54, 1.807) is 0 Å². The lowest BCUT2D eigenvalue weighted by atomic mass is 10.1. The van der Waals surface area contributed by atoms with Crippen molar-refractivity contribution in [3.05, 3.63) is 65.1 Å². The second-order valence-electron chi connectivity index (χ2n) is 6.56. The van der Waals surface area contributed by atoms with Crippen LogP contribution < -0.4 is 10.6 Å². The smallest absolute Gasteiger partial charge is 0.225 e. The molecule has 26 heavy (non-hydrogen) atoms. The molecule has 1 saturated carbocycles. The van der Waals surface area contributed by atoms with Gasteiger partial charge in [0, 0.05) is 22.1 Å². The predicted molar refractivity (Wildman–Crippen MR) is 111 cm³/mol. The lowest BCUT2D eigenvalue weighted by molar-refractivity contribution is 0.744. The molecule has 5 heteroatoms. The summed E-state index contributed by atoms with van der Waals surface area (Å²) < 4.78 is 1.00. The predicted octanol–water partition coefficient (Wildman–Crippen LogP) is 6.00. The molecule has 0 bridgehead atoms. The van der Waals surface area contributed by atoms with E-state index in [2.05, 4.69) is 38.7 Å². The average molecular weight is 409 g/mol. The number of anilines is 3. The topological polar surface area (TPSA) is 49.8 Å². The summed E-state index contributed by atoms with van der Waals surface area (Å²) in [4.78, 5) is 9.46. The van der Waals surface area contributed by atoms with Crippen molar-refractivity contribution in [2.24, 2.45) is 0 Å². The van der Waals surface area contributed by atoms with Crippen molar-refractivity contribution in [2.75, 3.05) is 10.6 Å². The van der Waals surface area contributed by atoms with Gasteiger partial charge in [0.05, 0.1) is 11.4 Å². The first-order valence-electron chi connectivity index (χ1n) is 9.00. The highest BCUT2D eigenvalue weighted by atomic mass is 79.9. The van der Waals surface area contributed by atoms with Crippen LogP contribution in [0.15, 0.2) is 65.1 Å². The summed E-state index contributed by atoms with van der Waals surface area (Å²) in [6, 6.07) is 20.7. The summed E-state index contributed by atoms with van der Waals surface area (Å²) in [6.07, 6.45) is 4.92. The molecule has 1 fully saturated rings. The van der Waals surface area contributed by atoms with Gasteiger partial charge in [0.1, 0.15) is 5.82 Å². The van der Waals surface area contributed by atoms with E-state index in [0.29, 0.717) is 12.0 Å². The van der Waals surface area contributed by atoms with Gasteiger partial charge in [-0.3, -0.25) is 0 Å². The number of rotatable bonds is 5. The number of nitrogens with one attached hydrogen (secondary N) is 2. The van der Waals surface area contributed by atoms with Crippen LogP contribution in [0, 0.1) is 0 Å². The van der Waals surface area contributed by atoms with E-state index < -0.39 is 0 Å². The molecule has 4 rings (SSSR count).